The number of nitrogens with one attached hydrogen (secondary N) is 1. The molecule has 16 heavy (non-hydrogen) atoms. The minimum absolute atomic E-state index is 0.357. The van der Waals surface area contributed by atoms with E-state index in [2.05, 4.69) is 37.4 Å². The molecule has 1 heterocycles. The lowest BCUT2D eigenvalue weighted by atomic mass is 10.2. The predicted octanol–water partition coefficient (Wildman–Crippen LogP) is 1.77. The molecular weight excluding hydrogens is 202 g/mol. The summed E-state index contributed by atoms with van der Waals surface area (Å²) in [5.41, 5.74) is 1.20. The van der Waals surface area contributed by atoms with Gasteiger partial charge in [0.15, 0.2) is 0 Å². The summed E-state index contributed by atoms with van der Waals surface area (Å²) in [5, 5.41) is 7.77. The third-order valence-electron chi connectivity index (χ3n) is 2.79. The number of nitrogens with zero attached hydrogens (tertiary/aromatic N) is 2. The topological polar surface area (TPSA) is 39.1 Å². The van der Waals surface area contributed by atoms with Crippen LogP contribution >= 0.6 is 0 Å². The summed E-state index contributed by atoms with van der Waals surface area (Å²) in [4.78, 5) is 0. The summed E-state index contributed by atoms with van der Waals surface area (Å²) >= 11 is 0. The Hall–Kier alpha value is -0.870. The van der Waals surface area contributed by atoms with Gasteiger partial charge >= 0.3 is 0 Å². The maximum absolute atomic E-state index is 5.29. The van der Waals surface area contributed by atoms with Crippen LogP contribution in [-0.4, -0.2) is 35.6 Å². The third kappa shape index (κ3) is 3.94. The molecule has 4 nitrogen and oxygen atoms in total. The van der Waals surface area contributed by atoms with E-state index in [1.807, 2.05) is 17.8 Å². The summed E-state index contributed by atoms with van der Waals surface area (Å²) in [6, 6.07) is 0.745. The molecule has 0 saturated heterocycles. The number of aromatic nitrogens is 2. The van der Waals surface area contributed by atoms with Crippen LogP contribution in [0.2, 0.25) is 0 Å². The van der Waals surface area contributed by atoms with Crippen molar-refractivity contribution in [3.05, 3.63) is 18.0 Å². The molecule has 2 atom stereocenters. The van der Waals surface area contributed by atoms with Gasteiger partial charge in [-0.15, -0.1) is 0 Å². The van der Waals surface area contributed by atoms with E-state index in [0.29, 0.717) is 12.1 Å². The molecule has 1 N–H and O–H groups in total. The van der Waals surface area contributed by atoms with Crippen LogP contribution < -0.4 is 5.32 Å². The molecule has 1 aromatic rings. The molecular formula is C12H23N3O. The molecule has 0 aliphatic heterocycles. The quantitative estimate of drug-likeness (QED) is 0.719. The summed E-state index contributed by atoms with van der Waals surface area (Å²) in [6.07, 6.45) is 3.97. The van der Waals surface area contributed by atoms with Gasteiger partial charge in [0.05, 0.1) is 18.8 Å². The zero-order valence-electron chi connectivity index (χ0n) is 10.7. The molecule has 0 bridgehead atoms. The van der Waals surface area contributed by atoms with Crippen molar-refractivity contribution < 1.29 is 4.74 Å². The van der Waals surface area contributed by atoms with Crippen LogP contribution in [0.3, 0.4) is 0 Å². The van der Waals surface area contributed by atoms with Gasteiger partial charge in [0, 0.05) is 25.4 Å². The Balaban J connectivity index is 2.33. The molecule has 1 aromatic heterocycles. The second kappa shape index (κ2) is 6.66. The highest BCUT2D eigenvalue weighted by Gasteiger charge is 2.13. The van der Waals surface area contributed by atoms with Crippen LogP contribution in [0.1, 0.15) is 32.4 Å². The third-order valence-corrected chi connectivity index (χ3v) is 2.79. The Bertz CT molecular complexity index is 298. The Morgan fingerprint density at radius 3 is 2.81 bits per heavy atom. The van der Waals surface area contributed by atoms with Gasteiger partial charge in [0.25, 0.3) is 0 Å². The lowest BCUT2D eigenvalue weighted by Gasteiger charge is -2.21. The summed E-state index contributed by atoms with van der Waals surface area (Å²) in [7, 11) is 0. The molecule has 0 fully saturated rings. The molecule has 1 rings (SSSR count). The fourth-order valence-electron chi connectivity index (χ4n) is 1.56. The van der Waals surface area contributed by atoms with Crippen LogP contribution in [0.25, 0.3) is 0 Å². The fourth-order valence-corrected chi connectivity index (χ4v) is 1.56. The van der Waals surface area contributed by atoms with E-state index in [4.69, 9.17) is 4.74 Å². The number of hydrogen-bond donors (Lipinski definition) is 1. The first-order chi connectivity index (χ1) is 7.65. The molecule has 2 unspecified atom stereocenters. The summed E-state index contributed by atoms with van der Waals surface area (Å²) < 4.78 is 7.30. The molecule has 0 saturated carbocycles. The van der Waals surface area contributed by atoms with Crippen molar-refractivity contribution in [3.63, 3.8) is 0 Å². The highest BCUT2D eigenvalue weighted by molar-refractivity contribution is 5.00. The largest absolute Gasteiger partial charge is 0.380 e. The second-order valence-electron chi connectivity index (χ2n) is 4.18. The second-order valence-corrected chi connectivity index (χ2v) is 4.18. The van der Waals surface area contributed by atoms with Crippen molar-refractivity contribution in [3.8, 4) is 0 Å². The Kier molecular flexibility index (Phi) is 5.49. The van der Waals surface area contributed by atoms with Crippen LogP contribution in [-0.2, 0) is 4.74 Å². The monoisotopic (exact) mass is 225 g/mol. The van der Waals surface area contributed by atoms with Crippen LogP contribution in [0.15, 0.2) is 12.4 Å². The van der Waals surface area contributed by atoms with Crippen molar-refractivity contribution >= 4 is 0 Å². The lowest BCUT2D eigenvalue weighted by molar-refractivity contribution is 0.145. The first kappa shape index (κ1) is 13.2. The number of ether oxygens (including phenoxy) is 1. The van der Waals surface area contributed by atoms with Crippen LogP contribution in [0.4, 0.5) is 0 Å². The van der Waals surface area contributed by atoms with Gasteiger partial charge in [-0.05, 0) is 33.3 Å². The number of aryl methyl sites for hydroxylation is 1. The Labute approximate surface area is 98.0 Å². The summed E-state index contributed by atoms with van der Waals surface area (Å²) in [6.45, 7) is 10.9. The highest BCUT2D eigenvalue weighted by atomic mass is 16.5. The molecule has 4 heteroatoms. The molecule has 0 spiro atoms. The maximum atomic E-state index is 5.29. The lowest BCUT2D eigenvalue weighted by Crippen LogP contribution is -2.36. The van der Waals surface area contributed by atoms with Crippen molar-refractivity contribution in [2.24, 2.45) is 0 Å². The van der Waals surface area contributed by atoms with E-state index >= 15 is 0 Å². The predicted molar refractivity (Wildman–Crippen MR) is 65.6 cm³/mol. The highest BCUT2D eigenvalue weighted by Crippen LogP contribution is 2.10. The first-order valence-corrected chi connectivity index (χ1v) is 5.97. The first-order valence-electron chi connectivity index (χ1n) is 5.97. The van der Waals surface area contributed by atoms with Crippen molar-refractivity contribution in [2.75, 3.05) is 19.8 Å². The van der Waals surface area contributed by atoms with Gasteiger partial charge in [0.1, 0.15) is 0 Å². The number of rotatable bonds is 7. The van der Waals surface area contributed by atoms with E-state index < -0.39 is 0 Å². The van der Waals surface area contributed by atoms with Crippen molar-refractivity contribution in [1.29, 1.82) is 0 Å². The average Bonchev–Trinajstić information content (AvgIpc) is 2.70. The summed E-state index contributed by atoms with van der Waals surface area (Å²) in [5.74, 6) is 0. The van der Waals surface area contributed by atoms with E-state index in [1.165, 1.54) is 5.56 Å². The van der Waals surface area contributed by atoms with Gasteiger partial charge in [-0.1, -0.05) is 0 Å². The Morgan fingerprint density at radius 2 is 2.25 bits per heavy atom. The van der Waals surface area contributed by atoms with Crippen LogP contribution in [0, 0.1) is 6.92 Å². The minimum atomic E-state index is 0.357. The van der Waals surface area contributed by atoms with Crippen LogP contribution in [0.5, 0.6) is 0 Å². The Morgan fingerprint density at radius 1 is 1.50 bits per heavy atom. The molecule has 92 valence electrons. The standard InChI is InChI=1S/C12H23N3O/c1-5-16-7-6-13-11(3)12(4)15-9-10(2)8-14-15/h8-9,11-13H,5-7H2,1-4H3. The average molecular weight is 225 g/mol. The molecule has 0 aromatic carbocycles. The number of hydrogen-bond acceptors (Lipinski definition) is 3. The van der Waals surface area contributed by atoms with E-state index in [9.17, 15) is 0 Å². The van der Waals surface area contributed by atoms with Gasteiger partial charge in [-0.2, -0.15) is 5.10 Å². The van der Waals surface area contributed by atoms with E-state index in [0.717, 1.165) is 19.8 Å². The fraction of sp³-hybridized carbons (Fsp3) is 0.750. The minimum Gasteiger partial charge on any atom is -0.380 e. The van der Waals surface area contributed by atoms with Gasteiger partial charge < -0.3 is 10.1 Å². The molecule has 0 radical (unpaired) electrons. The van der Waals surface area contributed by atoms with E-state index in [1.54, 1.807) is 0 Å². The van der Waals surface area contributed by atoms with Crippen molar-refractivity contribution in [2.45, 2.75) is 39.8 Å². The van der Waals surface area contributed by atoms with E-state index in [-0.39, 0.29) is 0 Å². The normalized spacial score (nSPS) is 15.0. The zero-order valence-corrected chi connectivity index (χ0v) is 10.7. The van der Waals surface area contributed by atoms with Gasteiger partial charge in [0.2, 0.25) is 0 Å². The van der Waals surface area contributed by atoms with Crippen molar-refractivity contribution in [1.82, 2.24) is 15.1 Å². The smallest absolute Gasteiger partial charge is 0.0641 e. The molecule has 0 aliphatic carbocycles. The van der Waals surface area contributed by atoms with Gasteiger partial charge in [-0.25, -0.2) is 0 Å². The maximum Gasteiger partial charge on any atom is 0.0641 e. The molecule has 0 aliphatic rings. The van der Waals surface area contributed by atoms with Gasteiger partial charge in [-0.3, -0.25) is 4.68 Å². The molecule has 0 amide bonds. The zero-order chi connectivity index (χ0) is 12.0. The SMILES string of the molecule is CCOCCNC(C)C(C)n1cc(C)cn1.